The Labute approximate surface area is 186 Å². The molecule has 1 fully saturated rings. The summed E-state index contributed by atoms with van der Waals surface area (Å²) in [4.78, 5) is 20.1. The second-order valence-corrected chi connectivity index (χ2v) is 8.47. The van der Waals surface area contributed by atoms with Crippen LogP contribution < -0.4 is 9.47 Å². The van der Waals surface area contributed by atoms with E-state index in [0.29, 0.717) is 50.9 Å². The molecule has 3 heterocycles. The number of benzene rings is 1. The van der Waals surface area contributed by atoms with E-state index in [-0.39, 0.29) is 11.8 Å². The first-order chi connectivity index (χ1) is 15.2. The van der Waals surface area contributed by atoms with E-state index in [9.17, 15) is 4.79 Å². The van der Waals surface area contributed by atoms with Crippen molar-refractivity contribution in [3.8, 4) is 11.5 Å². The minimum atomic E-state index is -0.0207. The highest BCUT2D eigenvalue weighted by Gasteiger charge is 2.33. The number of ether oxygens (including phenoxy) is 2. The second-order valence-electron chi connectivity index (χ2n) is 7.44. The summed E-state index contributed by atoms with van der Waals surface area (Å²) in [7, 11) is 0. The largest absolute Gasteiger partial charge is 0.490 e. The number of thiophene rings is 1. The first kappa shape index (κ1) is 21.4. The summed E-state index contributed by atoms with van der Waals surface area (Å²) in [6, 6.07) is 10.0. The number of hydrogen-bond acceptors (Lipinski definition) is 7. The standard InChI is InChI=1S/C23H27N3O4S/c1-3-28-19-8-7-16(12-20(19)29-4-2)9-10-26-15-17(13-22(26)27)23-24-21(30-25-23)14-18-6-5-11-31-18/h5-8,11-12,17H,3-4,9-10,13-15H2,1-2H3. The van der Waals surface area contributed by atoms with Crippen molar-refractivity contribution in [2.45, 2.75) is 39.0 Å². The lowest BCUT2D eigenvalue weighted by atomic mass is 10.1. The molecule has 0 bridgehead atoms. The lowest BCUT2D eigenvalue weighted by Crippen LogP contribution is -2.27. The maximum atomic E-state index is 12.5. The van der Waals surface area contributed by atoms with Gasteiger partial charge in [-0.05, 0) is 49.4 Å². The molecular weight excluding hydrogens is 414 g/mol. The average Bonchev–Trinajstić information content (AvgIpc) is 3.51. The van der Waals surface area contributed by atoms with Crippen molar-refractivity contribution in [2.24, 2.45) is 0 Å². The van der Waals surface area contributed by atoms with Crippen LogP contribution in [-0.4, -0.2) is 47.3 Å². The summed E-state index contributed by atoms with van der Waals surface area (Å²) in [5.41, 5.74) is 1.11. The predicted octanol–water partition coefficient (Wildman–Crippen LogP) is 4.08. The van der Waals surface area contributed by atoms with Crippen molar-refractivity contribution >= 4 is 17.2 Å². The molecule has 3 aromatic rings. The first-order valence-electron chi connectivity index (χ1n) is 10.7. The molecule has 1 unspecified atom stereocenters. The summed E-state index contributed by atoms with van der Waals surface area (Å²) < 4.78 is 16.7. The Bertz CT molecular complexity index is 1000. The lowest BCUT2D eigenvalue weighted by Gasteiger charge is -2.17. The maximum absolute atomic E-state index is 12.5. The predicted molar refractivity (Wildman–Crippen MR) is 118 cm³/mol. The van der Waals surface area contributed by atoms with Gasteiger partial charge in [-0.15, -0.1) is 11.3 Å². The van der Waals surface area contributed by atoms with Crippen LogP contribution in [0.5, 0.6) is 11.5 Å². The topological polar surface area (TPSA) is 77.7 Å². The zero-order valence-electron chi connectivity index (χ0n) is 17.9. The number of carbonyl (C=O) groups is 1. The third-order valence-electron chi connectivity index (χ3n) is 5.25. The van der Waals surface area contributed by atoms with Gasteiger partial charge in [-0.1, -0.05) is 17.3 Å². The van der Waals surface area contributed by atoms with Crippen LogP contribution in [0.4, 0.5) is 0 Å². The third kappa shape index (κ3) is 5.25. The fourth-order valence-electron chi connectivity index (χ4n) is 3.74. The van der Waals surface area contributed by atoms with Gasteiger partial charge in [0, 0.05) is 30.3 Å². The van der Waals surface area contributed by atoms with Gasteiger partial charge in [-0.3, -0.25) is 4.79 Å². The van der Waals surface area contributed by atoms with Gasteiger partial charge in [0.1, 0.15) is 0 Å². The van der Waals surface area contributed by atoms with Gasteiger partial charge in [-0.2, -0.15) is 4.98 Å². The van der Waals surface area contributed by atoms with Gasteiger partial charge in [0.05, 0.1) is 19.6 Å². The first-order valence-corrected chi connectivity index (χ1v) is 11.5. The van der Waals surface area contributed by atoms with Crippen molar-refractivity contribution in [3.63, 3.8) is 0 Å². The number of likely N-dealkylation sites (tertiary alicyclic amines) is 1. The Morgan fingerprint density at radius 1 is 1.19 bits per heavy atom. The SMILES string of the molecule is CCOc1ccc(CCN2CC(c3noc(Cc4cccs4)n3)CC2=O)cc1OCC. The normalized spacial score (nSPS) is 16.1. The molecule has 1 aliphatic rings. The summed E-state index contributed by atoms with van der Waals surface area (Å²) in [5, 5.41) is 6.16. The van der Waals surface area contributed by atoms with Crippen molar-refractivity contribution in [1.29, 1.82) is 0 Å². The van der Waals surface area contributed by atoms with Gasteiger partial charge in [-0.25, -0.2) is 0 Å². The Morgan fingerprint density at radius 2 is 2.03 bits per heavy atom. The molecule has 2 aromatic heterocycles. The fourth-order valence-corrected chi connectivity index (χ4v) is 4.44. The number of carbonyl (C=O) groups excluding carboxylic acids is 1. The molecule has 0 N–H and O–H groups in total. The number of rotatable bonds is 10. The Kier molecular flexibility index (Phi) is 6.86. The quantitative estimate of drug-likeness (QED) is 0.472. The van der Waals surface area contributed by atoms with Crippen molar-refractivity contribution in [3.05, 3.63) is 57.9 Å². The van der Waals surface area contributed by atoms with Crippen LogP contribution in [0.2, 0.25) is 0 Å². The third-order valence-corrected chi connectivity index (χ3v) is 6.12. The Balaban J connectivity index is 1.35. The van der Waals surface area contributed by atoms with Gasteiger partial charge in [0.25, 0.3) is 0 Å². The zero-order valence-corrected chi connectivity index (χ0v) is 18.7. The van der Waals surface area contributed by atoms with Crippen LogP contribution in [0, 0.1) is 0 Å². The molecule has 31 heavy (non-hydrogen) atoms. The Morgan fingerprint density at radius 3 is 2.81 bits per heavy atom. The molecule has 7 nitrogen and oxygen atoms in total. The van der Waals surface area contributed by atoms with Crippen molar-refractivity contribution in [1.82, 2.24) is 15.0 Å². The van der Waals surface area contributed by atoms with E-state index in [1.165, 1.54) is 4.88 Å². The highest BCUT2D eigenvalue weighted by atomic mass is 32.1. The van der Waals surface area contributed by atoms with Gasteiger partial charge < -0.3 is 18.9 Å². The molecule has 4 rings (SSSR count). The van der Waals surface area contributed by atoms with E-state index in [1.54, 1.807) is 11.3 Å². The summed E-state index contributed by atoms with van der Waals surface area (Å²) in [5.74, 6) is 2.83. The monoisotopic (exact) mass is 441 g/mol. The number of nitrogens with zero attached hydrogens (tertiary/aromatic N) is 3. The molecule has 0 radical (unpaired) electrons. The molecule has 1 saturated heterocycles. The van der Waals surface area contributed by atoms with Crippen LogP contribution in [0.15, 0.2) is 40.2 Å². The van der Waals surface area contributed by atoms with E-state index < -0.39 is 0 Å². The second kappa shape index (κ2) is 9.96. The van der Waals surface area contributed by atoms with Crippen LogP contribution >= 0.6 is 11.3 Å². The highest BCUT2D eigenvalue weighted by molar-refractivity contribution is 7.09. The van der Waals surface area contributed by atoms with E-state index >= 15 is 0 Å². The molecule has 0 spiro atoms. The molecule has 0 aliphatic carbocycles. The molecular formula is C23H27N3O4S. The fraction of sp³-hybridized carbons (Fsp3) is 0.435. The minimum absolute atomic E-state index is 0.0207. The van der Waals surface area contributed by atoms with Crippen molar-refractivity contribution in [2.75, 3.05) is 26.3 Å². The van der Waals surface area contributed by atoms with E-state index in [1.807, 2.05) is 54.5 Å². The maximum Gasteiger partial charge on any atom is 0.231 e. The smallest absolute Gasteiger partial charge is 0.231 e. The van der Waals surface area contributed by atoms with Crippen LogP contribution in [-0.2, 0) is 17.6 Å². The zero-order chi connectivity index (χ0) is 21.6. The Hall–Kier alpha value is -2.87. The summed E-state index contributed by atoms with van der Waals surface area (Å²) in [6.45, 7) is 6.34. The summed E-state index contributed by atoms with van der Waals surface area (Å²) >= 11 is 1.67. The van der Waals surface area contributed by atoms with E-state index in [2.05, 4.69) is 10.1 Å². The molecule has 1 atom stereocenters. The van der Waals surface area contributed by atoms with Gasteiger partial charge in [0.15, 0.2) is 17.3 Å². The van der Waals surface area contributed by atoms with E-state index in [4.69, 9.17) is 14.0 Å². The van der Waals surface area contributed by atoms with Gasteiger partial charge in [0.2, 0.25) is 11.8 Å². The molecule has 1 aliphatic heterocycles. The average molecular weight is 442 g/mol. The number of hydrogen-bond donors (Lipinski definition) is 0. The molecule has 1 amide bonds. The van der Waals surface area contributed by atoms with Crippen LogP contribution in [0.3, 0.4) is 0 Å². The number of aromatic nitrogens is 2. The molecule has 0 saturated carbocycles. The van der Waals surface area contributed by atoms with Gasteiger partial charge >= 0.3 is 0 Å². The number of amides is 1. The molecule has 1 aromatic carbocycles. The summed E-state index contributed by atoms with van der Waals surface area (Å²) in [6.07, 6.45) is 1.81. The lowest BCUT2D eigenvalue weighted by molar-refractivity contribution is -0.127. The molecule has 164 valence electrons. The minimum Gasteiger partial charge on any atom is -0.490 e. The van der Waals surface area contributed by atoms with Crippen LogP contribution in [0.25, 0.3) is 0 Å². The molecule has 8 heteroatoms. The van der Waals surface area contributed by atoms with E-state index in [0.717, 1.165) is 23.5 Å². The highest BCUT2D eigenvalue weighted by Crippen LogP contribution is 2.30. The van der Waals surface area contributed by atoms with Crippen LogP contribution in [0.1, 0.15) is 48.3 Å². The van der Waals surface area contributed by atoms with Crippen molar-refractivity contribution < 1.29 is 18.8 Å².